The highest BCUT2D eigenvalue weighted by molar-refractivity contribution is 5.22. The van der Waals surface area contributed by atoms with Gasteiger partial charge < -0.3 is 5.73 Å². The summed E-state index contributed by atoms with van der Waals surface area (Å²) in [6.45, 7) is 4.38. The number of piperidine rings is 1. The first-order chi connectivity index (χ1) is 8.61. The molecule has 1 heterocycles. The Hall–Kier alpha value is -1.00. The minimum Gasteiger partial charge on any atom is -0.330 e. The van der Waals surface area contributed by atoms with E-state index in [9.17, 15) is 8.78 Å². The molecule has 1 aromatic rings. The summed E-state index contributed by atoms with van der Waals surface area (Å²) in [5.74, 6) is -0.248. The largest absolute Gasteiger partial charge is 0.330 e. The lowest BCUT2D eigenvalue weighted by Crippen LogP contribution is -2.40. The van der Waals surface area contributed by atoms with E-state index in [2.05, 4.69) is 4.90 Å². The van der Waals surface area contributed by atoms with Crippen LogP contribution in [-0.4, -0.2) is 24.5 Å². The molecule has 0 spiro atoms. The van der Waals surface area contributed by atoms with Crippen molar-refractivity contribution in [3.8, 4) is 0 Å². The van der Waals surface area contributed by atoms with Gasteiger partial charge in [-0.3, -0.25) is 4.90 Å². The summed E-state index contributed by atoms with van der Waals surface area (Å²) in [6.07, 6.45) is 2.20. The van der Waals surface area contributed by atoms with Gasteiger partial charge in [-0.1, -0.05) is 0 Å². The van der Waals surface area contributed by atoms with Gasteiger partial charge in [0.15, 0.2) is 0 Å². The van der Waals surface area contributed by atoms with Gasteiger partial charge in [0.25, 0.3) is 0 Å². The molecule has 1 aliphatic rings. The Kier molecular flexibility index (Phi) is 4.30. The van der Waals surface area contributed by atoms with Crippen LogP contribution in [0.1, 0.15) is 31.4 Å². The van der Waals surface area contributed by atoms with Crippen molar-refractivity contribution >= 4 is 0 Å². The first kappa shape index (κ1) is 13.4. The van der Waals surface area contributed by atoms with Gasteiger partial charge >= 0.3 is 0 Å². The maximum atomic E-state index is 13.7. The van der Waals surface area contributed by atoms with Crippen LogP contribution in [0.15, 0.2) is 18.2 Å². The van der Waals surface area contributed by atoms with E-state index in [1.807, 2.05) is 6.92 Å². The van der Waals surface area contributed by atoms with Crippen LogP contribution in [0.5, 0.6) is 0 Å². The third-order valence-electron chi connectivity index (χ3n) is 3.84. The first-order valence-electron chi connectivity index (χ1n) is 6.51. The molecule has 4 heteroatoms. The molecule has 0 saturated carbocycles. The van der Waals surface area contributed by atoms with Gasteiger partial charge in [0.2, 0.25) is 0 Å². The van der Waals surface area contributed by atoms with Crippen LogP contribution in [0.25, 0.3) is 0 Å². The molecule has 2 rings (SSSR count). The van der Waals surface area contributed by atoms with Crippen molar-refractivity contribution < 1.29 is 8.78 Å². The molecule has 2 N–H and O–H groups in total. The highest BCUT2D eigenvalue weighted by atomic mass is 19.1. The van der Waals surface area contributed by atoms with Gasteiger partial charge in [0, 0.05) is 18.2 Å². The smallest absolute Gasteiger partial charge is 0.128 e. The molecule has 0 bridgehead atoms. The van der Waals surface area contributed by atoms with Crippen LogP contribution in [0.3, 0.4) is 0 Å². The van der Waals surface area contributed by atoms with Crippen molar-refractivity contribution in [2.24, 2.45) is 11.7 Å². The van der Waals surface area contributed by atoms with Gasteiger partial charge in [0.05, 0.1) is 0 Å². The number of nitrogens with two attached hydrogens (primary N) is 1. The summed E-state index contributed by atoms with van der Waals surface area (Å²) in [7, 11) is 0. The maximum absolute atomic E-state index is 13.7. The van der Waals surface area contributed by atoms with E-state index in [4.69, 9.17) is 5.73 Å². The fourth-order valence-electron chi connectivity index (χ4n) is 2.67. The van der Waals surface area contributed by atoms with E-state index in [1.54, 1.807) is 0 Å². The van der Waals surface area contributed by atoms with Crippen LogP contribution in [0.4, 0.5) is 8.78 Å². The average Bonchev–Trinajstić information content (AvgIpc) is 2.41. The summed E-state index contributed by atoms with van der Waals surface area (Å²) < 4.78 is 26.9. The van der Waals surface area contributed by atoms with Crippen molar-refractivity contribution in [2.45, 2.75) is 25.8 Å². The zero-order valence-electron chi connectivity index (χ0n) is 10.7. The van der Waals surface area contributed by atoms with Crippen LogP contribution in [0, 0.1) is 17.6 Å². The topological polar surface area (TPSA) is 29.3 Å². The molecule has 2 unspecified atom stereocenters. The highest BCUT2D eigenvalue weighted by Gasteiger charge is 2.25. The molecule has 2 nitrogen and oxygen atoms in total. The van der Waals surface area contributed by atoms with Gasteiger partial charge in [0.1, 0.15) is 11.6 Å². The van der Waals surface area contributed by atoms with Crippen molar-refractivity contribution in [1.29, 1.82) is 0 Å². The molecule has 100 valence electrons. The normalized spacial score (nSPS) is 23.0. The third-order valence-corrected chi connectivity index (χ3v) is 3.84. The third kappa shape index (κ3) is 2.87. The number of halogens is 2. The summed E-state index contributed by atoms with van der Waals surface area (Å²) in [5.41, 5.74) is 6.14. The second-order valence-corrected chi connectivity index (χ2v) is 5.08. The van der Waals surface area contributed by atoms with Crippen LogP contribution < -0.4 is 5.73 Å². The Morgan fingerprint density at radius 1 is 1.44 bits per heavy atom. The molecule has 0 aliphatic carbocycles. The summed E-state index contributed by atoms with van der Waals surface area (Å²) >= 11 is 0. The van der Waals surface area contributed by atoms with Crippen LogP contribution in [-0.2, 0) is 0 Å². The molecule has 0 radical (unpaired) electrons. The Morgan fingerprint density at radius 2 is 2.22 bits per heavy atom. The first-order valence-corrected chi connectivity index (χ1v) is 6.51. The summed E-state index contributed by atoms with van der Waals surface area (Å²) in [5, 5.41) is 0. The predicted octanol–water partition coefficient (Wildman–Crippen LogP) is 2.70. The number of hydrogen-bond acceptors (Lipinski definition) is 2. The zero-order chi connectivity index (χ0) is 13.1. The molecule has 0 amide bonds. The van der Waals surface area contributed by atoms with E-state index in [1.165, 1.54) is 12.1 Å². The molecule has 1 aromatic carbocycles. The Labute approximate surface area is 107 Å². The molecule has 2 atom stereocenters. The fourth-order valence-corrected chi connectivity index (χ4v) is 2.67. The minimum absolute atomic E-state index is 0.102. The van der Waals surface area contributed by atoms with E-state index in [-0.39, 0.29) is 17.7 Å². The van der Waals surface area contributed by atoms with Crippen molar-refractivity contribution in [2.75, 3.05) is 19.6 Å². The lowest BCUT2D eigenvalue weighted by molar-refractivity contribution is 0.132. The summed E-state index contributed by atoms with van der Waals surface area (Å²) in [4.78, 5) is 2.19. The van der Waals surface area contributed by atoms with E-state index in [0.717, 1.165) is 32.0 Å². The fraction of sp³-hybridized carbons (Fsp3) is 0.571. The SMILES string of the molecule is CC(c1cc(F)ccc1F)N1CCCC(CN)C1. The van der Waals surface area contributed by atoms with E-state index < -0.39 is 0 Å². The zero-order valence-corrected chi connectivity index (χ0v) is 10.7. The standard InChI is InChI=1S/C14H20F2N2/c1-10(13-7-12(15)4-5-14(13)16)18-6-2-3-11(8-17)9-18/h4-5,7,10-11H,2-3,6,8-9,17H2,1H3. The van der Waals surface area contributed by atoms with E-state index in [0.29, 0.717) is 18.0 Å². The van der Waals surface area contributed by atoms with Crippen molar-refractivity contribution in [1.82, 2.24) is 4.90 Å². The van der Waals surface area contributed by atoms with Gasteiger partial charge in [-0.2, -0.15) is 0 Å². The molecular formula is C14H20F2N2. The molecule has 18 heavy (non-hydrogen) atoms. The number of hydrogen-bond donors (Lipinski definition) is 1. The monoisotopic (exact) mass is 254 g/mol. The molecule has 0 aromatic heterocycles. The average molecular weight is 254 g/mol. The lowest BCUT2D eigenvalue weighted by atomic mass is 9.95. The number of rotatable bonds is 3. The van der Waals surface area contributed by atoms with Crippen molar-refractivity contribution in [3.63, 3.8) is 0 Å². The van der Waals surface area contributed by atoms with Gasteiger partial charge in [-0.15, -0.1) is 0 Å². The predicted molar refractivity (Wildman–Crippen MR) is 68.1 cm³/mol. The Morgan fingerprint density at radius 3 is 2.94 bits per heavy atom. The molecule has 1 saturated heterocycles. The van der Waals surface area contributed by atoms with E-state index >= 15 is 0 Å². The van der Waals surface area contributed by atoms with Crippen molar-refractivity contribution in [3.05, 3.63) is 35.4 Å². The van der Waals surface area contributed by atoms with Crippen LogP contribution in [0.2, 0.25) is 0 Å². The van der Waals surface area contributed by atoms with Gasteiger partial charge in [-0.05, 0) is 57.0 Å². The Bertz CT molecular complexity index is 409. The minimum atomic E-state index is -0.384. The second-order valence-electron chi connectivity index (χ2n) is 5.08. The number of benzene rings is 1. The number of nitrogens with zero attached hydrogens (tertiary/aromatic N) is 1. The number of likely N-dealkylation sites (tertiary alicyclic amines) is 1. The quantitative estimate of drug-likeness (QED) is 0.898. The summed E-state index contributed by atoms with van der Waals surface area (Å²) in [6, 6.07) is 3.55. The Balaban J connectivity index is 2.14. The van der Waals surface area contributed by atoms with Gasteiger partial charge in [-0.25, -0.2) is 8.78 Å². The van der Waals surface area contributed by atoms with Crippen LogP contribution >= 0.6 is 0 Å². The molecule has 1 aliphatic heterocycles. The maximum Gasteiger partial charge on any atom is 0.128 e. The molecular weight excluding hydrogens is 234 g/mol. The molecule has 1 fully saturated rings. The lowest BCUT2D eigenvalue weighted by Gasteiger charge is -2.36. The highest BCUT2D eigenvalue weighted by Crippen LogP contribution is 2.28. The second kappa shape index (κ2) is 5.76.